The molecular formula is C16H19NO3. The van der Waals surface area contributed by atoms with E-state index in [1.807, 2.05) is 42.5 Å². The lowest BCUT2D eigenvalue weighted by Crippen LogP contribution is -2.28. The number of carboxylic acids is 1. The van der Waals surface area contributed by atoms with Gasteiger partial charge in [-0.15, -0.1) is 0 Å². The largest absolute Gasteiger partial charge is 0.481 e. The first-order valence-corrected chi connectivity index (χ1v) is 6.75. The molecule has 1 aromatic heterocycles. The van der Waals surface area contributed by atoms with E-state index in [0.717, 1.165) is 11.4 Å². The first-order valence-electron chi connectivity index (χ1n) is 6.75. The molecule has 0 bridgehead atoms. The van der Waals surface area contributed by atoms with Gasteiger partial charge in [-0.2, -0.15) is 0 Å². The third kappa shape index (κ3) is 3.63. The maximum Gasteiger partial charge on any atom is 0.303 e. The molecule has 2 aromatic rings. The molecule has 1 unspecified atom stereocenters. The average molecular weight is 273 g/mol. The van der Waals surface area contributed by atoms with Crippen molar-refractivity contribution in [2.45, 2.75) is 25.8 Å². The van der Waals surface area contributed by atoms with Crippen LogP contribution in [0.1, 0.15) is 31.6 Å². The molecule has 0 saturated carbocycles. The normalized spacial score (nSPS) is 12.1. The Morgan fingerprint density at radius 2 is 2.00 bits per heavy atom. The number of aliphatic carboxylic acids is 1. The third-order valence-electron chi connectivity index (χ3n) is 3.30. The summed E-state index contributed by atoms with van der Waals surface area (Å²) in [5, 5.41) is 8.78. The number of anilines is 1. The molecule has 0 saturated heterocycles. The number of hydrogen-bond donors (Lipinski definition) is 1. The Kier molecular flexibility index (Phi) is 4.82. The van der Waals surface area contributed by atoms with Crippen LogP contribution in [-0.4, -0.2) is 17.6 Å². The Bertz CT molecular complexity index is 522. The minimum Gasteiger partial charge on any atom is -0.481 e. The monoisotopic (exact) mass is 273 g/mol. The fourth-order valence-electron chi connectivity index (χ4n) is 2.25. The molecule has 1 aromatic carbocycles. The minimum absolute atomic E-state index is 0.0706. The average Bonchev–Trinajstić information content (AvgIpc) is 2.98. The second-order valence-corrected chi connectivity index (χ2v) is 4.72. The van der Waals surface area contributed by atoms with Crippen LogP contribution in [-0.2, 0) is 4.79 Å². The number of hydrogen-bond acceptors (Lipinski definition) is 3. The highest BCUT2D eigenvalue weighted by atomic mass is 16.4. The Labute approximate surface area is 118 Å². The second-order valence-electron chi connectivity index (χ2n) is 4.72. The lowest BCUT2D eigenvalue weighted by molar-refractivity contribution is -0.137. The maximum absolute atomic E-state index is 10.7. The number of furan rings is 1. The zero-order valence-corrected chi connectivity index (χ0v) is 11.5. The Morgan fingerprint density at radius 3 is 2.60 bits per heavy atom. The second kappa shape index (κ2) is 6.80. The highest BCUT2D eigenvalue weighted by Crippen LogP contribution is 2.27. The highest BCUT2D eigenvalue weighted by Gasteiger charge is 2.18. The minimum atomic E-state index is -0.760. The van der Waals surface area contributed by atoms with Crippen molar-refractivity contribution in [3.8, 4) is 0 Å². The summed E-state index contributed by atoms with van der Waals surface area (Å²) in [5.41, 5.74) is 1.07. The van der Waals surface area contributed by atoms with Gasteiger partial charge in [0.25, 0.3) is 0 Å². The van der Waals surface area contributed by atoms with Gasteiger partial charge in [-0.1, -0.05) is 18.2 Å². The molecule has 0 fully saturated rings. The summed E-state index contributed by atoms with van der Waals surface area (Å²) in [7, 11) is 0. The summed E-state index contributed by atoms with van der Waals surface area (Å²) in [6.07, 6.45) is 2.44. The van der Waals surface area contributed by atoms with Crippen LogP contribution in [0.4, 0.5) is 5.69 Å². The van der Waals surface area contributed by atoms with Gasteiger partial charge in [-0.25, -0.2) is 0 Å². The lowest BCUT2D eigenvalue weighted by atomic mass is 10.1. The summed E-state index contributed by atoms with van der Waals surface area (Å²) in [6, 6.07) is 13.9. The van der Waals surface area contributed by atoms with Gasteiger partial charge in [-0.3, -0.25) is 4.79 Å². The Balaban J connectivity index is 2.13. The molecule has 2 rings (SSSR count). The van der Waals surface area contributed by atoms with E-state index >= 15 is 0 Å². The molecule has 0 aliphatic carbocycles. The van der Waals surface area contributed by atoms with E-state index in [9.17, 15) is 4.79 Å². The van der Waals surface area contributed by atoms with Gasteiger partial charge < -0.3 is 14.4 Å². The molecule has 106 valence electrons. The molecule has 0 spiro atoms. The predicted octanol–water partition coefficient (Wildman–Crippen LogP) is 3.71. The first-order chi connectivity index (χ1) is 9.68. The van der Waals surface area contributed by atoms with Crippen molar-refractivity contribution in [3.05, 3.63) is 54.5 Å². The van der Waals surface area contributed by atoms with E-state index in [1.165, 1.54) is 0 Å². The molecule has 0 radical (unpaired) electrons. The van der Waals surface area contributed by atoms with Crippen molar-refractivity contribution >= 4 is 11.7 Å². The Morgan fingerprint density at radius 1 is 1.25 bits per heavy atom. The molecular weight excluding hydrogens is 254 g/mol. The SMILES string of the molecule is CC(c1ccco1)N(CCCC(=O)O)c1ccccc1. The molecule has 20 heavy (non-hydrogen) atoms. The van der Waals surface area contributed by atoms with Gasteiger partial charge in [0.1, 0.15) is 5.76 Å². The Hall–Kier alpha value is -2.23. The number of carboxylic acid groups (broad SMARTS) is 1. The zero-order valence-electron chi connectivity index (χ0n) is 11.5. The van der Waals surface area contributed by atoms with Crippen LogP contribution in [0.15, 0.2) is 53.1 Å². The van der Waals surface area contributed by atoms with Crippen molar-refractivity contribution in [2.24, 2.45) is 0 Å². The zero-order chi connectivity index (χ0) is 14.4. The van der Waals surface area contributed by atoms with E-state index in [1.54, 1.807) is 6.26 Å². The molecule has 1 N–H and O–H groups in total. The smallest absolute Gasteiger partial charge is 0.303 e. The van der Waals surface area contributed by atoms with Crippen molar-refractivity contribution in [2.75, 3.05) is 11.4 Å². The first kappa shape index (κ1) is 14.2. The fourth-order valence-corrected chi connectivity index (χ4v) is 2.25. The molecule has 0 aliphatic rings. The standard InChI is InChI=1S/C16H19NO3/c1-13(15-9-6-12-20-15)17(11-5-10-16(18)19)14-7-3-2-4-8-14/h2-4,6-9,12-13H,5,10-11H2,1H3,(H,18,19). The summed E-state index contributed by atoms with van der Waals surface area (Å²) in [6.45, 7) is 2.74. The summed E-state index contributed by atoms with van der Waals surface area (Å²) >= 11 is 0. The van der Waals surface area contributed by atoms with Crippen molar-refractivity contribution in [3.63, 3.8) is 0 Å². The molecule has 4 nitrogen and oxygen atoms in total. The topological polar surface area (TPSA) is 53.7 Å². The van der Waals surface area contributed by atoms with E-state index in [4.69, 9.17) is 9.52 Å². The van der Waals surface area contributed by atoms with E-state index in [-0.39, 0.29) is 12.5 Å². The van der Waals surface area contributed by atoms with Gasteiger partial charge in [0, 0.05) is 18.7 Å². The van der Waals surface area contributed by atoms with Gasteiger partial charge in [0.15, 0.2) is 0 Å². The number of para-hydroxylation sites is 1. The van der Waals surface area contributed by atoms with Gasteiger partial charge in [0.2, 0.25) is 0 Å². The summed E-state index contributed by atoms with van der Waals surface area (Å²) in [4.78, 5) is 12.8. The molecule has 1 atom stereocenters. The number of rotatable bonds is 7. The van der Waals surface area contributed by atoms with Crippen LogP contribution in [0.25, 0.3) is 0 Å². The number of nitrogens with zero attached hydrogens (tertiary/aromatic N) is 1. The number of carbonyl (C=O) groups is 1. The van der Waals surface area contributed by atoms with E-state index in [0.29, 0.717) is 13.0 Å². The number of benzene rings is 1. The predicted molar refractivity (Wildman–Crippen MR) is 77.8 cm³/mol. The maximum atomic E-state index is 10.7. The summed E-state index contributed by atoms with van der Waals surface area (Å²) < 4.78 is 5.47. The summed E-state index contributed by atoms with van der Waals surface area (Å²) in [5.74, 6) is 0.118. The van der Waals surface area contributed by atoms with Crippen molar-refractivity contribution < 1.29 is 14.3 Å². The van der Waals surface area contributed by atoms with Crippen LogP contribution in [0.2, 0.25) is 0 Å². The van der Waals surface area contributed by atoms with Crippen LogP contribution < -0.4 is 4.90 Å². The van der Waals surface area contributed by atoms with Crippen molar-refractivity contribution in [1.82, 2.24) is 0 Å². The van der Waals surface area contributed by atoms with Crippen LogP contribution >= 0.6 is 0 Å². The van der Waals surface area contributed by atoms with E-state index < -0.39 is 5.97 Å². The van der Waals surface area contributed by atoms with Gasteiger partial charge in [-0.05, 0) is 37.6 Å². The van der Waals surface area contributed by atoms with Crippen LogP contribution in [0.5, 0.6) is 0 Å². The van der Waals surface area contributed by atoms with E-state index in [2.05, 4.69) is 11.8 Å². The molecule has 0 aliphatic heterocycles. The molecule has 4 heteroatoms. The van der Waals surface area contributed by atoms with Crippen LogP contribution in [0.3, 0.4) is 0 Å². The molecule has 1 heterocycles. The van der Waals surface area contributed by atoms with Crippen molar-refractivity contribution in [1.29, 1.82) is 0 Å². The van der Waals surface area contributed by atoms with Crippen LogP contribution in [0, 0.1) is 0 Å². The quantitative estimate of drug-likeness (QED) is 0.835. The lowest BCUT2D eigenvalue weighted by Gasteiger charge is -2.30. The highest BCUT2D eigenvalue weighted by molar-refractivity contribution is 5.66. The third-order valence-corrected chi connectivity index (χ3v) is 3.30. The van der Waals surface area contributed by atoms with Gasteiger partial charge in [0.05, 0.1) is 12.3 Å². The molecule has 0 amide bonds. The van der Waals surface area contributed by atoms with Gasteiger partial charge >= 0.3 is 5.97 Å². The fraction of sp³-hybridized carbons (Fsp3) is 0.312.